The molecule has 1 aromatic heterocycles. The number of thiazole rings is 1. The Morgan fingerprint density at radius 3 is 2.55 bits per heavy atom. The number of rotatable bonds is 6. The molecule has 0 fully saturated rings. The molecule has 0 aliphatic rings. The molecule has 0 aromatic carbocycles. The summed E-state index contributed by atoms with van der Waals surface area (Å²) in [5.74, 6) is -0.320. The van der Waals surface area contributed by atoms with Gasteiger partial charge in [-0.1, -0.05) is 6.92 Å². The molecule has 0 saturated heterocycles. The lowest BCUT2D eigenvalue weighted by molar-refractivity contribution is -0.129. The van der Waals surface area contributed by atoms with Gasteiger partial charge in [-0.25, -0.2) is 4.98 Å². The Bertz CT molecular complexity index is 471. The van der Waals surface area contributed by atoms with Gasteiger partial charge in [0.25, 0.3) is 5.91 Å². The van der Waals surface area contributed by atoms with E-state index in [0.717, 1.165) is 11.4 Å². The molecule has 0 bridgehead atoms. The zero-order valence-electron chi connectivity index (χ0n) is 12.4. The second-order valence-electron chi connectivity index (χ2n) is 4.87. The van der Waals surface area contributed by atoms with Crippen LogP contribution in [-0.2, 0) is 4.79 Å². The number of aromatic nitrogens is 1. The number of hydrogen-bond donors (Lipinski definition) is 1. The van der Waals surface area contributed by atoms with Gasteiger partial charge in [0.2, 0.25) is 5.91 Å². The van der Waals surface area contributed by atoms with Gasteiger partial charge in [0.15, 0.2) is 0 Å². The van der Waals surface area contributed by atoms with E-state index in [0.29, 0.717) is 12.2 Å². The van der Waals surface area contributed by atoms with E-state index < -0.39 is 0 Å². The smallest absolute Gasteiger partial charge is 0.273 e. The van der Waals surface area contributed by atoms with Crippen molar-refractivity contribution in [3.05, 3.63) is 16.1 Å². The van der Waals surface area contributed by atoms with Gasteiger partial charge in [0, 0.05) is 26.0 Å². The van der Waals surface area contributed by atoms with Crippen molar-refractivity contribution in [1.29, 1.82) is 0 Å². The molecule has 1 aromatic rings. The number of carbonyl (C=O) groups excluding carboxylic acids is 2. The first-order valence-corrected chi connectivity index (χ1v) is 7.45. The molecule has 7 heteroatoms. The Kier molecular flexibility index (Phi) is 6.09. The fourth-order valence-corrected chi connectivity index (χ4v) is 2.34. The molecule has 112 valence electrons. The Morgan fingerprint density at radius 2 is 2.10 bits per heavy atom. The molecular formula is C13H22N4O2S. The monoisotopic (exact) mass is 298 g/mol. The molecule has 1 atom stereocenters. The summed E-state index contributed by atoms with van der Waals surface area (Å²) in [5.41, 5.74) is 6.11. The minimum atomic E-state index is -0.217. The van der Waals surface area contributed by atoms with Crippen molar-refractivity contribution in [2.45, 2.75) is 26.3 Å². The summed E-state index contributed by atoms with van der Waals surface area (Å²) < 4.78 is 0. The molecule has 0 spiro atoms. The van der Waals surface area contributed by atoms with E-state index in [2.05, 4.69) is 4.98 Å². The van der Waals surface area contributed by atoms with E-state index >= 15 is 0 Å². The summed E-state index contributed by atoms with van der Waals surface area (Å²) in [6, 6.07) is -0.190. The highest BCUT2D eigenvalue weighted by Crippen LogP contribution is 2.17. The van der Waals surface area contributed by atoms with Gasteiger partial charge in [-0.15, -0.1) is 11.3 Å². The maximum atomic E-state index is 12.4. The fourth-order valence-electron chi connectivity index (χ4n) is 1.58. The Hall–Kier alpha value is -1.47. The van der Waals surface area contributed by atoms with E-state index in [1.54, 1.807) is 19.5 Å². The molecule has 1 rings (SSSR count). The van der Waals surface area contributed by atoms with Gasteiger partial charge >= 0.3 is 0 Å². The number of nitrogens with zero attached hydrogens (tertiary/aromatic N) is 3. The predicted molar refractivity (Wildman–Crippen MR) is 79.6 cm³/mol. The minimum absolute atomic E-state index is 0.0741. The zero-order chi connectivity index (χ0) is 15.3. The summed E-state index contributed by atoms with van der Waals surface area (Å²) in [4.78, 5) is 31.4. The standard InChI is InChI=1S/C13H22N4O2S/c1-5-6-17(7-11(18)16(3)4)13(19)10-8-20-12(15-10)9(2)14/h8-9H,5-7,14H2,1-4H3. The first-order chi connectivity index (χ1) is 9.36. The minimum Gasteiger partial charge on any atom is -0.347 e. The molecule has 6 nitrogen and oxygen atoms in total. The van der Waals surface area contributed by atoms with E-state index in [9.17, 15) is 9.59 Å². The van der Waals surface area contributed by atoms with Crippen molar-refractivity contribution in [2.24, 2.45) is 5.73 Å². The van der Waals surface area contributed by atoms with Crippen LogP contribution in [0, 0.1) is 0 Å². The summed E-state index contributed by atoms with van der Waals surface area (Å²) >= 11 is 1.37. The molecular weight excluding hydrogens is 276 g/mol. The van der Waals surface area contributed by atoms with Gasteiger partial charge in [0.1, 0.15) is 17.2 Å². The van der Waals surface area contributed by atoms with Crippen molar-refractivity contribution in [3.8, 4) is 0 Å². The molecule has 2 amide bonds. The van der Waals surface area contributed by atoms with Gasteiger partial charge in [-0.3, -0.25) is 9.59 Å². The maximum Gasteiger partial charge on any atom is 0.273 e. The zero-order valence-corrected chi connectivity index (χ0v) is 13.2. The van der Waals surface area contributed by atoms with Crippen LogP contribution in [0.1, 0.15) is 41.8 Å². The van der Waals surface area contributed by atoms with Crippen LogP contribution in [0.15, 0.2) is 5.38 Å². The second kappa shape index (κ2) is 7.35. The lowest BCUT2D eigenvalue weighted by atomic mass is 10.3. The highest BCUT2D eigenvalue weighted by molar-refractivity contribution is 7.09. The normalized spacial score (nSPS) is 12.1. The van der Waals surface area contributed by atoms with Crippen LogP contribution in [0.5, 0.6) is 0 Å². The van der Waals surface area contributed by atoms with Crippen LogP contribution >= 0.6 is 11.3 Å². The molecule has 2 N–H and O–H groups in total. The quantitative estimate of drug-likeness (QED) is 0.853. The van der Waals surface area contributed by atoms with Crippen molar-refractivity contribution in [2.75, 3.05) is 27.2 Å². The average Bonchev–Trinajstić information content (AvgIpc) is 2.86. The van der Waals surface area contributed by atoms with Crippen LogP contribution in [0.3, 0.4) is 0 Å². The average molecular weight is 298 g/mol. The topological polar surface area (TPSA) is 79.5 Å². The summed E-state index contributed by atoms with van der Waals surface area (Å²) in [7, 11) is 3.35. The van der Waals surface area contributed by atoms with Crippen LogP contribution in [0.25, 0.3) is 0 Å². The predicted octanol–water partition coefficient (Wildman–Crippen LogP) is 1.10. The second-order valence-corrected chi connectivity index (χ2v) is 5.76. The highest BCUT2D eigenvalue weighted by Gasteiger charge is 2.21. The molecule has 0 saturated carbocycles. The highest BCUT2D eigenvalue weighted by atomic mass is 32.1. The molecule has 20 heavy (non-hydrogen) atoms. The van der Waals surface area contributed by atoms with Crippen molar-refractivity contribution in [1.82, 2.24) is 14.8 Å². The third-order valence-corrected chi connectivity index (χ3v) is 3.78. The van der Waals surface area contributed by atoms with Crippen molar-refractivity contribution >= 4 is 23.2 Å². The maximum absolute atomic E-state index is 12.4. The van der Waals surface area contributed by atoms with Crippen LogP contribution < -0.4 is 5.73 Å². The molecule has 0 aliphatic carbocycles. The number of hydrogen-bond acceptors (Lipinski definition) is 5. The third kappa shape index (κ3) is 4.28. The van der Waals surface area contributed by atoms with Crippen LogP contribution in [0.2, 0.25) is 0 Å². The van der Waals surface area contributed by atoms with E-state index in [4.69, 9.17) is 5.73 Å². The number of carbonyl (C=O) groups is 2. The lowest BCUT2D eigenvalue weighted by Crippen LogP contribution is -2.40. The third-order valence-electron chi connectivity index (χ3n) is 2.74. The Labute approximate surface area is 123 Å². The first-order valence-electron chi connectivity index (χ1n) is 6.57. The molecule has 0 radical (unpaired) electrons. The summed E-state index contributed by atoms with van der Waals surface area (Å²) in [6.07, 6.45) is 0.788. The van der Waals surface area contributed by atoms with Gasteiger partial charge < -0.3 is 15.5 Å². The summed E-state index contributed by atoms with van der Waals surface area (Å²) in [5, 5.41) is 2.42. The van der Waals surface area contributed by atoms with E-state index in [1.165, 1.54) is 21.1 Å². The van der Waals surface area contributed by atoms with E-state index in [1.807, 2.05) is 13.8 Å². The molecule has 0 aliphatic heterocycles. The van der Waals surface area contributed by atoms with Crippen molar-refractivity contribution < 1.29 is 9.59 Å². The first kappa shape index (κ1) is 16.6. The van der Waals surface area contributed by atoms with E-state index in [-0.39, 0.29) is 24.4 Å². The lowest BCUT2D eigenvalue weighted by Gasteiger charge is -2.22. The number of amides is 2. The number of likely N-dealkylation sites (N-methyl/N-ethyl adjacent to an activating group) is 1. The van der Waals surface area contributed by atoms with Crippen molar-refractivity contribution in [3.63, 3.8) is 0 Å². The van der Waals surface area contributed by atoms with Gasteiger partial charge in [0.05, 0.1) is 6.04 Å². The van der Waals surface area contributed by atoms with Crippen LogP contribution in [0.4, 0.5) is 0 Å². The molecule has 1 unspecified atom stereocenters. The van der Waals surface area contributed by atoms with Crippen LogP contribution in [-0.4, -0.2) is 53.8 Å². The van der Waals surface area contributed by atoms with Gasteiger partial charge in [-0.05, 0) is 13.3 Å². The molecule has 1 heterocycles. The summed E-state index contributed by atoms with van der Waals surface area (Å²) in [6.45, 7) is 4.40. The van der Waals surface area contributed by atoms with Gasteiger partial charge in [-0.2, -0.15) is 0 Å². The Balaban J connectivity index is 2.84. The Morgan fingerprint density at radius 1 is 1.45 bits per heavy atom. The largest absolute Gasteiger partial charge is 0.347 e. The fraction of sp³-hybridized carbons (Fsp3) is 0.615. The number of nitrogens with two attached hydrogens (primary N) is 1. The SMILES string of the molecule is CCCN(CC(=O)N(C)C)C(=O)c1csc(C(C)N)n1.